The Kier molecular flexibility index (Phi) is 263. The number of hydrogen-bond acceptors (Lipinski definition) is 0. The van der Waals surface area contributed by atoms with Gasteiger partial charge >= 0.3 is 23.1 Å². The molecule has 0 atom stereocenters. The SMILES string of the molecule is [Co].[Cr].[Fe].[MgH2].[Mn]. The van der Waals surface area contributed by atoms with Crippen LogP contribution in [0.25, 0.3) is 0 Å². The molecule has 0 rings (SSSR count). The zero-order valence-corrected chi connectivity index (χ0v) is 6.07. The summed E-state index contributed by atoms with van der Waals surface area (Å²) in [5.41, 5.74) is 0. The quantitative estimate of drug-likeness (QED) is 0.486. The molecule has 5 heteroatoms. The Morgan fingerprint density at radius 2 is 1.00 bits per heavy atom. The van der Waals surface area contributed by atoms with Crippen molar-refractivity contribution in [2.75, 3.05) is 0 Å². The summed E-state index contributed by atoms with van der Waals surface area (Å²) in [6, 6.07) is 0. The Morgan fingerprint density at radius 3 is 1.00 bits per heavy atom. The van der Waals surface area contributed by atoms with E-state index in [0.717, 1.165) is 0 Å². The van der Waals surface area contributed by atoms with Gasteiger partial charge in [-0.15, -0.1) is 0 Å². The van der Waals surface area contributed by atoms with Crippen molar-refractivity contribution in [2.45, 2.75) is 0 Å². The van der Waals surface area contributed by atoms with Gasteiger partial charge in [0.15, 0.2) is 0 Å². The van der Waals surface area contributed by atoms with Crippen LogP contribution in [0.15, 0.2) is 0 Å². The maximum Gasteiger partial charge on any atom is 0.316 e. The second kappa shape index (κ2) is 28.9. The molecule has 2 radical (unpaired) electrons. The molecule has 0 aliphatic rings. The van der Waals surface area contributed by atoms with Crippen molar-refractivity contribution >= 4 is 23.1 Å². The summed E-state index contributed by atoms with van der Waals surface area (Å²) in [6.07, 6.45) is 0. The number of rotatable bonds is 0. The summed E-state index contributed by atoms with van der Waals surface area (Å²) in [5, 5.41) is 0. The zero-order valence-electron chi connectivity index (χ0n) is 1.47. The van der Waals surface area contributed by atoms with Crippen LogP contribution < -0.4 is 0 Å². The Balaban J connectivity index is 0. The molecule has 0 aliphatic carbocycles. The Bertz CT molecular complexity index is 11.6. The van der Waals surface area contributed by atoms with E-state index in [1.165, 1.54) is 0 Å². The second-order valence-electron chi connectivity index (χ2n) is 0. The first-order valence-corrected chi connectivity index (χ1v) is 0. The van der Waals surface area contributed by atoms with E-state index in [2.05, 4.69) is 0 Å². The molecule has 0 spiro atoms. The predicted molar refractivity (Wildman–Crippen MR) is 8.54 cm³/mol. The predicted octanol–water partition coefficient (Wildman–Crippen LogP) is -0.926. The molecule has 0 nitrogen and oxygen atoms in total. The van der Waals surface area contributed by atoms with Gasteiger partial charge in [0.05, 0.1) is 0 Å². The van der Waals surface area contributed by atoms with Crippen LogP contribution in [0.2, 0.25) is 0 Å². The van der Waals surface area contributed by atoms with Gasteiger partial charge in [-0.05, 0) is 0 Å². The maximum atomic E-state index is 0. The van der Waals surface area contributed by atoms with Gasteiger partial charge in [0, 0.05) is 68.3 Å². The molecule has 0 aromatic heterocycles. The van der Waals surface area contributed by atoms with Crippen molar-refractivity contribution in [3.05, 3.63) is 0 Å². The van der Waals surface area contributed by atoms with E-state index in [1.807, 2.05) is 0 Å². The van der Waals surface area contributed by atoms with Crippen LogP contribution in [0, 0.1) is 0 Å². The minimum Gasteiger partial charge on any atom is 0 e. The molecule has 0 aromatic carbocycles. The van der Waals surface area contributed by atoms with Crippen LogP contribution in [0.4, 0.5) is 0 Å². The molecule has 0 saturated carbocycles. The molecule has 0 saturated heterocycles. The molecular formula is H2CoCrFeMgMn. The van der Waals surface area contributed by atoms with Crippen molar-refractivity contribution < 1.29 is 68.3 Å². The molecule has 0 fully saturated rings. The second-order valence-corrected chi connectivity index (χ2v) is 0. The average molecular weight is 248 g/mol. The Labute approximate surface area is 90.0 Å². The van der Waals surface area contributed by atoms with Gasteiger partial charge in [-0.25, -0.2) is 0 Å². The maximum absolute atomic E-state index is 0. The van der Waals surface area contributed by atoms with Gasteiger partial charge in [-0.2, -0.15) is 0 Å². The molecule has 0 amide bonds. The Morgan fingerprint density at radius 1 is 1.00 bits per heavy atom. The topological polar surface area (TPSA) is 0 Å². The first kappa shape index (κ1) is 45.4. The van der Waals surface area contributed by atoms with Gasteiger partial charge < -0.3 is 0 Å². The van der Waals surface area contributed by atoms with Crippen molar-refractivity contribution in [3.63, 3.8) is 0 Å². The summed E-state index contributed by atoms with van der Waals surface area (Å²) in [7, 11) is 0. The summed E-state index contributed by atoms with van der Waals surface area (Å²) in [5.74, 6) is 0. The van der Waals surface area contributed by atoms with E-state index in [-0.39, 0.29) is 91.3 Å². The van der Waals surface area contributed by atoms with Gasteiger partial charge in [-0.1, -0.05) is 0 Å². The average Bonchev–Trinajstić information content (AvgIpc) is 0. The third-order valence-corrected chi connectivity index (χ3v) is 0. The molecule has 0 aromatic rings. The van der Waals surface area contributed by atoms with E-state index in [1.54, 1.807) is 0 Å². The minimum absolute atomic E-state index is 0. The van der Waals surface area contributed by atoms with Crippen LogP contribution >= 0.6 is 0 Å². The molecule has 34 valence electrons. The normalized spacial score (nSPS) is 0. The van der Waals surface area contributed by atoms with E-state index in [9.17, 15) is 0 Å². The molecule has 0 bridgehead atoms. The van der Waals surface area contributed by atoms with Crippen LogP contribution in [0.1, 0.15) is 0 Å². The summed E-state index contributed by atoms with van der Waals surface area (Å²) in [6.45, 7) is 0. The molecule has 0 unspecified atom stereocenters. The van der Waals surface area contributed by atoms with Gasteiger partial charge in [0.25, 0.3) is 0 Å². The first-order valence-electron chi connectivity index (χ1n) is 0. The van der Waals surface area contributed by atoms with Crippen molar-refractivity contribution in [1.29, 1.82) is 0 Å². The molecule has 0 N–H and O–H groups in total. The van der Waals surface area contributed by atoms with Crippen LogP contribution in [0.5, 0.6) is 0 Å². The zero-order chi connectivity index (χ0) is 0. The summed E-state index contributed by atoms with van der Waals surface area (Å²) < 4.78 is 0. The van der Waals surface area contributed by atoms with E-state index >= 15 is 0 Å². The van der Waals surface area contributed by atoms with E-state index in [4.69, 9.17) is 0 Å². The third-order valence-electron chi connectivity index (χ3n) is 0. The minimum atomic E-state index is 0. The van der Waals surface area contributed by atoms with Crippen molar-refractivity contribution in [3.8, 4) is 0 Å². The first-order chi connectivity index (χ1) is 0. The fourth-order valence-corrected chi connectivity index (χ4v) is 0. The summed E-state index contributed by atoms with van der Waals surface area (Å²) >= 11 is 0. The van der Waals surface area contributed by atoms with Crippen LogP contribution in [-0.4, -0.2) is 23.1 Å². The standard InChI is InChI=1S/Co.Cr.Fe.Mg.Mn.2H. The van der Waals surface area contributed by atoms with Crippen LogP contribution in [0.3, 0.4) is 0 Å². The third kappa shape index (κ3) is 19.9. The summed E-state index contributed by atoms with van der Waals surface area (Å²) in [4.78, 5) is 0. The fourth-order valence-electron chi connectivity index (χ4n) is 0. The van der Waals surface area contributed by atoms with Crippen molar-refractivity contribution in [2.24, 2.45) is 0 Å². The van der Waals surface area contributed by atoms with Gasteiger partial charge in [0.1, 0.15) is 0 Å². The molecular weight excluding hydrogens is 246 g/mol. The monoisotopic (exact) mass is 248 g/mol. The molecule has 5 heavy (non-hydrogen) atoms. The van der Waals surface area contributed by atoms with E-state index < -0.39 is 0 Å². The molecule has 0 heterocycles. The van der Waals surface area contributed by atoms with Crippen LogP contribution in [-0.2, 0) is 68.3 Å². The van der Waals surface area contributed by atoms with Gasteiger partial charge in [0.2, 0.25) is 0 Å². The smallest absolute Gasteiger partial charge is 0 e. The largest absolute Gasteiger partial charge is 0.316 e. The van der Waals surface area contributed by atoms with Crippen molar-refractivity contribution in [1.82, 2.24) is 0 Å². The molecule has 0 aliphatic heterocycles. The Hall–Kier alpha value is 2.84. The number of hydrogen-bond donors (Lipinski definition) is 0. The van der Waals surface area contributed by atoms with Gasteiger partial charge in [-0.3, -0.25) is 0 Å². The van der Waals surface area contributed by atoms with E-state index in [0.29, 0.717) is 0 Å². The fraction of sp³-hybridized carbons (Fsp3) is 0.